The molecule has 3 rings (SSSR count). The average molecular weight is 337 g/mol. The van der Waals surface area contributed by atoms with Gasteiger partial charge in [-0.1, -0.05) is 23.7 Å². The molecule has 7 heteroatoms. The summed E-state index contributed by atoms with van der Waals surface area (Å²) in [6, 6.07) is 6.26. The second-order valence-corrected chi connectivity index (χ2v) is 6.17. The van der Waals surface area contributed by atoms with E-state index in [2.05, 4.69) is 10.5 Å². The van der Waals surface area contributed by atoms with Crippen LogP contribution in [-0.2, 0) is 19.1 Å². The van der Waals surface area contributed by atoms with Gasteiger partial charge in [-0.25, -0.2) is 4.79 Å². The molecule has 122 valence electrons. The van der Waals surface area contributed by atoms with Crippen LogP contribution < -0.4 is 5.43 Å². The molecule has 0 aromatic heterocycles. The number of rotatable bonds is 5. The maximum absolute atomic E-state index is 12.6. The molecule has 1 saturated heterocycles. The van der Waals surface area contributed by atoms with E-state index in [0.29, 0.717) is 11.6 Å². The Hall–Kier alpha value is -1.92. The first kappa shape index (κ1) is 16.0. The maximum atomic E-state index is 12.6. The summed E-state index contributed by atoms with van der Waals surface area (Å²) in [5, 5.41) is 4.69. The SMILES string of the molecule is CCOC(=O)[C@@H]1NN=C(C(=O)C2(C)CO2)[C@H]1c1ccc(Cl)cc1. The maximum Gasteiger partial charge on any atom is 0.331 e. The van der Waals surface area contributed by atoms with Crippen molar-refractivity contribution in [3.05, 3.63) is 34.9 Å². The highest BCUT2D eigenvalue weighted by Crippen LogP contribution is 2.34. The van der Waals surface area contributed by atoms with Crippen molar-refractivity contribution in [2.24, 2.45) is 5.10 Å². The zero-order valence-corrected chi connectivity index (χ0v) is 13.6. The van der Waals surface area contributed by atoms with Crippen LogP contribution in [0.25, 0.3) is 0 Å². The minimum absolute atomic E-state index is 0.211. The largest absolute Gasteiger partial charge is 0.464 e. The van der Waals surface area contributed by atoms with Crippen molar-refractivity contribution >= 4 is 29.1 Å². The first-order valence-electron chi connectivity index (χ1n) is 7.40. The van der Waals surface area contributed by atoms with Gasteiger partial charge in [0, 0.05) is 5.02 Å². The van der Waals surface area contributed by atoms with E-state index in [1.807, 2.05) is 0 Å². The van der Waals surface area contributed by atoms with E-state index in [1.165, 1.54) is 0 Å². The Kier molecular flexibility index (Phi) is 4.12. The number of benzene rings is 1. The molecule has 3 atom stereocenters. The topological polar surface area (TPSA) is 80.3 Å². The number of nitrogens with zero attached hydrogens (tertiary/aromatic N) is 1. The van der Waals surface area contributed by atoms with Gasteiger partial charge in [-0.2, -0.15) is 5.10 Å². The molecule has 2 aliphatic heterocycles. The summed E-state index contributed by atoms with van der Waals surface area (Å²) in [4.78, 5) is 24.8. The van der Waals surface area contributed by atoms with Crippen LogP contribution in [0.2, 0.25) is 5.02 Å². The number of carbonyl (C=O) groups is 2. The minimum atomic E-state index is -0.839. The summed E-state index contributed by atoms with van der Waals surface area (Å²) in [5.41, 5.74) is 2.96. The van der Waals surface area contributed by atoms with E-state index in [-0.39, 0.29) is 18.1 Å². The third kappa shape index (κ3) is 2.96. The van der Waals surface area contributed by atoms with Crippen LogP contribution in [0.5, 0.6) is 0 Å². The Morgan fingerprint density at radius 2 is 2.09 bits per heavy atom. The van der Waals surface area contributed by atoms with Gasteiger partial charge in [0.25, 0.3) is 0 Å². The van der Waals surface area contributed by atoms with Gasteiger partial charge in [0.2, 0.25) is 5.78 Å². The second kappa shape index (κ2) is 5.94. The number of ketones is 1. The number of nitrogens with one attached hydrogen (secondary N) is 1. The van der Waals surface area contributed by atoms with Crippen molar-refractivity contribution in [2.75, 3.05) is 13.2 Å². The molecule has 1 aromatic rings. The monoisotopic (exact) mass is 336 g/mol. The van der Waals surface area contributed by atoms with E-state index in [0.717, 1.165) is 5.56 Å². The van der Waals surface area contributed by atoms with Gasteiger partial charge in [-0.3, -0.25) is 10.2 Å². The zero-order valence-electron chi connectivity index (χ0n) is 12.8. The van der Waals surface area contributed by atoms with Crippen molar-refractivity contribution in [2.45, 2.75) is 31.4 Å². The number of Topliss-reactive ketones (excluding diaryl/α,β-unsaturated/α-hetero) is 1. The molecular formula is C16H17ClN2O4. The van der Waals surface area contributed by atoms with E-state index >= 15 is 0 Å². The predicted molar refractivity (Wildman–Crippen MR) is 84.5 cm³/mol. The molecule has 0 saturated carbocycles. The summed E-state index contributed by atoms with van der Waals surface area (Å²) >= 11 is 5.92. The van der Waals surface area contributed by atoms with Gasteiger partial charge in [0.05, 0.1) is 19.1 Å². The van der Waals surface area contributed by atoms with Gasteiger partial charge in [-0.05, 0) is 31.5 Å². The number of esters is 1. The van der Waals surface area contributed by atoms with Crippen LogP contribution in [0, 0.1) is 0 Å². The van der Waals surface area contributed by atoms with E-state index in [9.17, 15) is 9.59 Å². The summed E-state index contributed by atoms with van der Waals surface area (Å²) in [6.45, 7) is 4.07. The number of carbonyl (C=O) groups excluding carboxylic acids is 2. The Morgan fingerprint density at radius 1 is 1.43 bits per heavy atom. The second-order valence-electron chi connectivity index (χ2n) is 5.73. The van der Waals surface area contributed by atoms with Crippen LogP contribution >= 0.6 is 11.6 Å². The predicted octanol–water partition coefficient (Wildman–Crippen LogP) is 1.67. The molecule has 0 amide bonds. The summed E-state index contributed by atoms with van der Waals surface area (Å²) < 4.78 is 10.3. The molecule has 2 aliphatic rings. The molecule has 0 aliphatic carbocycles. The highest BCUT2D eigenvalue weighted by atomic mass is 35.5. The smallest absolute Gasteiger partial charge is 0.331 e. The number of halogens is 1. The summed E-state index contributed by atoms with van der Waals surface area (Å²) in [7, 11) is 0. The van der Waals surface area contributed by atoms with Gasteiger partial charge in [0.15, 0.2) is 11.6 Å². The molecule has 0 spiro atoms. The third-order valence-corrected chi connectivity index (χ3v) is 4.26. The Balaban J connectivity index is 1.94. The fraction of sp³-hybridized carbons (Fsp3) is 0.438. The molecule has 6 nitrogen and oxygen atoms in total. The highest BCUT2D eigenvalue weighted by molar-refractivity contribution is 6.46. The van der Waals surface area contributed by atoms with Crippen molar-refractivity contribution in [1.29, 1.82) is 0 Å². The number of hydrogen-bond acceptors (Lipinski definition) is 6. The normalized spacial score (nSPS) is 28.7. The average Bonchev–Trinajstić information content (AvgIpc) is 3.13. The number of ether oxygens (including phenoxy) is 2. The summed E-state index contributed by atoms with van der Waals surface area (Å²) in [5.74, 6) is -1.18. The quantitative estimate of drug-likeness (QED) is 0.653. The number of hydrogen-bond donors (Lipinski definition) is 1. The molecule has 2 heterocycles. The van der Waals surface area contributed by atoms with Gasteiger partial charge in [-0.15, -0.1) is 0 Å². The molecule has 23 heavy (non-hydrogen) atoms. The van der Waals surface area contributed by atoms with E-state index < -0.39 is 23.5 Å². The molecule has 1 aromatic carbocycles. The standard InChI is InChI=1S/C16H17ClN2O4/c1-3-22-15(21)13-11(9-4-6-10(17)7-5-9)12(18-19-13)14(20)16(2)8-23-16/h4-7,11,13,19H,3,8H2,1-2H3/t11-,13-,16?/m1/s1. The Morgan fingerprint density at radius 3 is 2.65 bits per heavy atom. The van der Waals surface area contributed by atoms with Gasteiger partial charge in [0.1, 0.15) is 5.71 Å². The fourth-order valence-electron chi connectivity index (χ4n) is 2.58. The summed E-state index contributed by atoms with van der Waals surface area (Å²) in [6.07, 6.45) is 0. The van der Waals surface area contributed by atoms with Crippen LogP contribution in [0.1, 0.15) is 25.3 Å². The van der Waals surface area contributed by atoms with E-state index in [1.54, 1.807) is 38.1 Å². The van der Waals surface area contributed by atoms with Crippen LogP contribution in [0.15, 0.2) is 29.4 Å². The van der Waals surface area contributed by atoms with Crippen LogP contribution in [-0.4, -0.2) is 42.3 Å². The molecule has 1 unspecified atom stereocenters. The van der Waals surface area contributed by atoms with Crippen LogP contribution in [0.4, 0.5) is 0 Å². The van der Waals surface area contributed by atoms with Gasteiger partial charge >= 0.3 is 5.97 Å². The minimum Gasteiger partial charge on any atom is -0.464 e. The molecule has 0 radical (unpaired) electrons. The lowest BCUT2D eigenvalue weighted by molar-refractivity contribution is -0.145. The van der Waals surface area contributed by atoms with Gasteiger partial charge < -0.3 is 9.47 Å². The molecule has 0 bridgehead atoms. The molecule has 1 N–H and O–H groups in total. The lowest BCUT2D eigenvalue weighted by Crippen LogP contribution is -2.40. The lowest BCUT2D eigenvalue weighted by Gasteiger charge is -2.20. The first-order valence-corrected chi connectivity index (χ1v) is 7.78. The van der Waals surface area contributed by atoms with Crippen LogP contribution in [0.3, 0.4) is 0 Å². The number of epoxide rings is 1. The molecule has 1 fully saturated rings. The number of hydrazone groups is 1. The van der Waals surface area contributed by atoms with E-state index in [4.69, 9.17) is 21.1 Å². The highest BCUT2D eigenvalue weighted by Gasteiger charge is 2.53. The van der Waals surface area contributed by atoms with Crippen molar-refractivity contribution in [3.63, 3.8) is 0 Å². The Labute approximate surface area is 138 Å². The third-order valence-electron chi connectivity index (χ3n) is 4.01. The van der Waals surface area contributed by atoms with Crippen molar-refractivity contribution < 1.29 is 19.1 Å². The lowest BCUT2D eigenvalue weighted by atomic mass is 9.84. The Bertz CT molecular complexity index is 667. The molecular weight excluding hydrogens is 320 g/mol. The van der Waals surface area contributed by atoms with Crippen molar-refractivity contribution in [3.8, 4) is 0 Å². The first-order chi connectivity index (χ1) is 11.0. The van der Waals surface area contributed by atoms with Crippen molar-refractivity contribution in [1.82, 2.24) is 5.43 Å². The fourth-order valence-corrected chi connectivity index (χ4v) is 2.71. The zero-order chi connectivity index (χ0) is 16.6.